The fourth-order valence-electron chi connectivity index (χ4n) is 1.01. The molecule has 0 aromatic heterocycles. The molecule has 0 heterocycles. The Morgan fingerprint density at radius 3 is 2.41 bits per heavy atom. The van der Waals surface area contributed by atoms with Gasteiger partial charge in [0.2, 0.25) is 0 Å². The minimum Gasteiger partial charge on any atom is -0.465 e. The number of carbonyl (C=O) groups is 1. The van der Waals surface area contributed by atoms with Crippen molar-refractivity contribution in [3.63, 3.8) is 0 Å². The summed E-state index contributed by atoms with van der Waals surface area (Å²) in [4.78, 5) is 11.5. The van der Waals surface area contributed by atoms with Crippen LogP contribution < -0.4 is 0 Å². The number of ether oxygens (including phenoxy) is 1. The molecule has 5 nitrogen and oxygen atoms in total. The maximum atomic E-state index is 11.6. The van der Waals surface area contributed by atoms with Crippen molar-refractivity contribution < 1.29 is 24.0 Å². The summed E-state index contributed by atoms with van der Waals surface area (Å²) >= 11 is 0. The Balaban J connectivity index is 3.99. The van der Waals surface area contributed by atoms with E-state index in [1.165, 1.54) is 6.92 Å². The highest BCUT2D eigenvalue weighted by Crippen LogP contribution is 2.04. The molecular formula is C11H22O5S. The Kier molecular flexibility index (Phi) is 8.37. The number of rotatable bonds is 8. The molecule has 0 aliphatic carbocycles. The Morgan fingerprint density at radius 2 is 1.94 bits per heavy atom. The van der Waals surface area contributed by atoms with Gasteiger partial charge in [0.15, 0.2) is 0 Å². The molecule has 0 saturated heterocycles. The first-order valence-electron chi connectivity index (χ1n) is 5.71. The number of esters is 1. The normalized spacial score (nSPS) is 16.6. The van der Waals surface area contributed by atoms with E-state index in [0.29, 0.717) is 12.5 Å². The van der Waals surface area contributed by atoms with E-state index >= 15 is 0 Å². The predicted molar refractivity (Wildman–Crippen MR) is 66.0 cm³/mol. The van der Waals surface area contributed by atoms with Crippen molar-refractivity contribution in [2.75, 3.05) is 19.0 Å². The summed E-state index contributed by atoms with van der Waals surface area (Å²) in [6.45, 7) is 5.40. The van der Waals surface area contributed by atoms with Crippen molar-refractivity contribution in [1.82, 2.24) is 0 Å². The van der Waals surface area contributed by atoms with E-state index in [9.17, 15) is 9.00 Å². The molecule has 0 aromatic carbocycles. The zero-order valence-electron chi connectivity index (χ0n) is 10.6. The quantitative estimate of drug-likeness (QED) is 0.607. The summed E-state index contributed by atoms with van der Waals surface area (Å²) in [5.41, 5.74) is 0. The molecule has 0 amide bonds. The van der Waals surface area contributed by atoms with Gasteiger partial charge in [0.05, 0.1) is 25.1 Å². The maximum absolute atomic E-state index is 11.6. The van der Waals surface area contributed by atoms with Crippen LogP contribution in [0.3, 0.4) is 0 Å². The number of carbonyl (C=O) groups excluding carboxylic acids is 1. The molecule has 6 heteroatoms. The van der Waals surface area contributed by atoms with Gasteiger partial charge in [-0.3, -0.25) is 9.00 Å². The monoisotopic (exact) mass is 266 g/mol. The minimum absolute atomic E-state index is 0.114. The summed E-state index contributed by atoms with van der Waals surface area (Å²) in [6.07, 6.45) is -0.286. The molecule has 0 saturated carbocycles. The van der Waals surface area contributed by atoms with Crippen molar-refractivity contribution >= 4 is 16.8 Å². The first-order chi connectivity index (χ1) is 7.88. The summed E-state index contributed by atoms with van der Waals surface area (Å²) in [6, 6.07) is 0. The fraction of sp³-hybridized carbons (Fsp3) is 0.909. The lowest BCUT2D eigenvalue weighted by atomic mass is 10.1. The van der Waals surface area contributed by atoms with Gasteiger partial charge >= 0.3 is 5.97 Å². The third-order valence-electron chi connectivity index (χ3n) is 2.23. The third kappa shape index (κ3) is 7.46. The van der Waals surface area contributed by atoms with Crippen LogP contribution in [0.2, 0.25) is 0 Å². The lowest BCUT2D eigenvalue weighted by Crippen LogP contribution is -2.31. The molecule has 0 aliphatic heterocycles. The molecule has 3 unspecified atom stereocenters. The highest BCUT2D eigenvalue weighted by Gasteiger charge is 2.23. The van der Waals surface area contributed by atoms with Crippen LogP contribution in [0, 0.1) is 5.92 Å². The van der Waals surface area contributed by atoms with Crippen molar-refractivity contribution in [2.24, 2.45) is 5.92 Å². The average molecular weight is 266 g/mol. The van der Waals surface area contributed by atoms with Gasteiger partial charge in [-0.2, -0.15) is 0 Å². The minimum atomic E-state index is -1.52. The highest BCUT2D eigenvalue weighted by molar-refractivity contribution is 7.86. The number of aliphatic hydroxyl groups is 2. The first kappa shape index (κ1) is 16.5. The number of hydrogen-bond acceptors (Lipinski definition) is 5. The first-order valence-corrected chi connectivity index (χ1v) is 7.09. The van der Waals surface area contributed by atoms with Gasteiger partial charge in [0.25, 0.3) is 0 Å². The van der Waals surface area contributed by atoms with E-state index in [4.69, 9.17) is 14.9 Å². The van der Waals surface area contributed by atoms with Crippen LogP contribution >= 0.6 is 0 Å². The van der Waals surface area contributed by atoms with Crippen LogP contribution in [0.4, 0.5) is 0 Å². The molecule has 0 aliphatic rings. The number of aliphatic hydroxyl groups excluding tert-OH is 2. The van der Waals surface area contributed by atoms with Crippen molar-refractivity contribution in [2.45, 2.75) is 38.5 Å². The number of hydrogen-bond donors (Lipinski definition) is 2. The SMILES string of the molecule is CC(C)CCOC(=O)C(C)S(=O)CC(O)CO. The van der Waals surface area contributed by atoms with Crippen LogP contribution in [-0.2, 0) is 20.3 Å². The van der Waals surface area contributed by atoms with Gasteiger partial charge in [0.1, 0.15) is 5.25 Å². The lowest BCUT2D eigenvalue weighted by Gasteiger charge is -2.13. The molecule has 0 radical (unpaired) electrons. The van der Waals surface area contributed by atoms with E-state index in [2.05, 4.69) is 0 Å². The molecule has 102 valence electrons. The van der Waals surface area contributed by atoms with Gasteiger partial charge in [-0.1, -0.05) is 13.8 Å². The van der Waals surface area contributed by atoms with Crippen LogP contribution in [0.1, 0.15) is 27.2 Å². The third-order valence-corrected chi connectivity index (χ3v) is 3.93. The molecule has 0 bridgehead atoms. The second kappa shape index (κ2) is 8.60. The van der Waals surface area contributed by atoms with Gasteiger partial charge in [-0.15, -0.1) is 0 Å². The zero-order valence-corrected chi connectivity index (χ0v) is 11.4. The molecular weight excluding hydrogens is 244 g/mol. The van der Waals surface area contributed by atoms with Gasteiger partial charge in [-0.25, -0.2) is 0 Å². The Labute approximate surface area is 105 Å². The molecule has 0 fully saturated rings. The maximum Gasteiger partial charge on any atom is 0.321 e. The molecule has 0 spiro atoms. The molecule has 17 heavy (non-hydrogen) atoms. The van der Waals surface area contributed by atoms with Crippen molar-refractivity contribution in [1.29, 1.82) is 0 Å². The topological polar surface area (TPSA) is 83.8 Å². The van der Waals surface area contributed by atoms with Gasteiger partial charge in [0, 0.05) is 10.8 Å². The van der Waals surface area contributed by atoms with Crippen LogP contribution in [0.15, 0.2) is 0 Å². The summed E-state index contributed by atoms with van der Waals surface area (Å²) in [5, 5.41) is 16.9. The van der Waals surface area contributed by atoms with E-state index in [1.54, 1.807) is 0 Å². The van der Waals surface area contributed by atoms with Gasteiger partial charge < -0.3 is 14.9 Å². The highest BCUT2D eigenvalue weighted by atomic mass is 32.2. The van der Waals surface area contributed by atoms with Crippen LogP contribution in [-0.4, -0.2) is 50.7 Å². The summed E-state index contributed by atoms with van der Waals surface area (Å²) in [7, 11) is -1.52. The Hall–Kier alpha value is -0.460. The molecule has 0 rings (SSSR count). The van der Waals surface area contributed by atoms with Gasteiger partial charge in [-0.05, 0) is 19.3 Å². The Morgan fingerprint density at radius 1 is 1.35 bits per heavy atom. The predicted octanol–water partition coefficient (Wildman–Crippen LogP) is 0.0661. The van der Waals surface area contributed by atoms with E-state index in [0.717, 1.165) is 6.42 Å². The summed E-state index contributed by atoms with van der Waals surface area (Å²) in [5.74, 6) is -0.189. The largest absolute Gasteiger partial charge is 0.465 e. The average Bonchev–Trinajstić information content (AvgIpc) is 2.26. The van der Waals surface area contributed by atoms with Crippen LogP contribution in [0.5, 0.6) is 0 Å². The standard InChI is InChI=1S/C11H22O5S/c1-8(2)4-5-16-11(14)9(3)17(15)7-10(13)6-12/h8-10,12-13H,4-7H2,1-3H3. The van der Waals surface area contributed by atoms with E-state index in [1.807, 2.05) is 13.8 Å². The Bertz CT molecular complexity index is 254. The lowest BCUT2D eigenvalue weighted by molar-refractivity contribution is -0.143. The molecule has 3 atom stereocenters. The molecule has 2 N–H and O–H groups in total. The van der Waals surface area contributed by atoms with E-state index < -0.39 is 34.7 Å². The smallest absolute Gasteiger partial charge is 0.321 e. The molecule has 0 aromatic rings. The summed E-state index contributed by atoms with van der Waals surface area (Å²) < 4.78 is 16.6. The second-order valence-corrected chi connectivity index (χ2v) is 6.18. The fourth-order valence-corrected chi connectivity index (χ4v) is 2.06. The van der Waals surface area contributed by atoms with Crippen LogP contribution in [0.25, 0.3) is 0 Å². The van der Waals surface area contributed by atoms with E-state index in [-0.39, 0.29) is 5.75 Å². The zero-order chi connectivity index (χ0) is 13.4. The van der Waals surface area contributed by atoms with Crippen molar-refractivity contribution in [3.8, 4) is 0 Å². The second-order valence-electron chi connectivity index (χ2n) is 4.38. The van der Waals surface area contributed by atoms with Crippen molar-refractivity contribution in [3.05, 3.63) is 0 Å².